The minimum absolute atomic E-state index is 0. The highest BCUT2D eigenvalue weighted by Gasteiger charge is 2.32. The Labute approximate surface area is 149 Å². The number of nitrogens with zero attached hydrogens (tertiary/aromatic N) is 2. The second-order valence-corrected chi connectivity index (χ2v) is 7.80. The molecule has 5 nitrogen and oxygen atoms in total. The molecule has 1 aromatic heterocycles. The van der Waals surface area contributed by atoms with Crippen molar-refractivity contribution >= 4 is 45.6 Å². The number of carbonyl (C=O) groups excluding carboxylic acids is 1. The Kier molecular flexibility index (Phi) is 6.52. The van der Waals surface area contributed by atoms with E-state index in [1.807, 2.05) is 11.0 Å². The van der Waals surface area contributed by atoms with E-state index in [2.05, 4.69) is 26.1 Å². The van der Waals surface area contributed by atoms with E-state index in [1.165, 1.54) is 11.3 Å². The molecule has 2 aliphatic rings. The summed E-state index contributed by atoms with van der Waals surface area (Å²) in [6.07, 6.45) is 1.08. The molecule has 3 rings (SSSR count). The van der Waals surface area contributed by atoms with Gasteiger partial charge in [0, 0.05) is 51.4 Å². The van der Waals surface area contributed by atoms with Gasteiger partial charge in [0.1, 0.15) is 9.54 Å². The quantitative estimate of drug-likeness (QED) is 0.828. The van der Waals surface area contributed by atoms with Crippen molar-refractivity contribution in [2.75, 3.05) is 46.4 Å². The van der Waals surface area contributed by atoms with Gasteiger partial charge in [-0.1, -0.05) is 0 Å². The number of methoxy groups -OCH3 is 1. The fourth-order valence-electron chi connectivity index (χ4n) is 3.02. The van der Waals surface area contributed by atoms with Crippen LogP contribution in [-0.4, -0.2) is 68.1 Å². The van der Waals surface area contributed by atoms with Crippen LogP contribution >= 0.6 is 39.7 Å². The summed E-state index contributed by atoms with van der Waals surface area (Å²) < 4.78 is 6.11. The number of rotatable bonds is 3. The van der Waals surface area contributed by atoms with Crippen molar-refractivity contribution < 1.29 is 9.53 Å². The molecule has 1 N–H and O–H groups in total. The Morgan fingerprint density at radius 2 is 2.14 bits per heavy atom. The van der Waals surface area contributed by atoms with Gasteiger partial charge in [-0.15, -0.1) is 23.7 Å². The van der Waals surface area contributed by atoms with Gasteiger partial charge in [0.2, 0.25) is 0 Å². The van der Waals surface area contributed by atoms with Crippen molar-refractivity contribution in [3.63, 3.8) is 0 Å². The van der Waals surface area contributed by atoms with Gasteiger partial charge in [0.25, 0.3) is 5.91 Å². The second kappa shape index (κ2) is 7.97. The number of thiophene rings is 1. The summed E-state index contributed by atoms with van der Waals surface area (Å²) in [4.78, 5) is 17.8. The average molecular weight is 411 g/mol. The zero-order valence-corrected chi connectivity index (χ0v) is 15.7. The normalized spacial score (nSPS) is 22.5. The first-order chi connectivity index (χ1) is 10.2. The van der Waals surface area contributed by atoms with Gasteiger partial charge in [-0.05, 0) is 22.4 Å². The molecule has 1 amide bonds. The lowest BCUT2D eigenvalue weighted by molar-refractivity contribution is 0.0778. The van der Waals surface area contributed by atoms with E-state index in [0.717, 1.165) is 60.1 Å². The van der Waals surface area contributed by atoms with Gasteiger partial charge >= 0.3 is 0 Å². The zero-order valence-electron chi connectivity index (χ0n) is 12.5. The van der Waals surface area contributed by atoms with Crippen molar-refractivity contribution in [3.05, 3.63) is 14.7 Å². The molecule has 22 heavy (non-hydrogen) atoms. The fraction of sp³-hybridized carbons (Fsp3) is 0.643. The molecule has 0 spiro atoms. The van der Waals surface area contributed by atoms with Gasteiger partial charge in [-0.2, -0.15) is 0 Å². The molecule has 2 fully saturated rings. The Morgan fingerprint density at radius 1 is 1.41 bits per heavy atom. The molecular weight excluding hydrogens is 390 g/mol. The van der Waals surface area contributed by atoms with Crippen LogP contribution in [0.25, 0.3) is 0 Å². The molecule has 8 heteroatoms. The van der Waals surface area contributed by atoms with Crippen molar-refractivity contribution in [3.8, 4) is 5.75 Å². The van der Waals surface area contributed by atoms with E-state index >= 15 is 0 Å². The Balaban J connectivity index is 0.00000176. The van der Waals surface area contributed by atoms with Crippen molar-refractivity contribution in [2.45, 2.75) is 12.5 Å². The van der Waals surface area contributed by atoms with Crippen molar-refractivity contribution in [1.29, 1.82) is 0 Å². The Bertz CT molecular complexity index is 522. The first kappa shape index (κ1) is 18.0. The average Bonchev–Trinajstić information content (AvgIpc) is 3.14. The molecule has 2 saturated heterocycles. The minimum atomic E-state index is 0. The van der Waals surface area contributed by atoms with Crippen LogP contribution in [0.15, 0.2) is 9.85 Å². The topological polar surface area (TPSA) is 44.8 Å². The molecule has 2 aliphatic heterocycles. The molecule has 0 radical (unpaired) electrons. The van der Waals surface area contributed by atoms with Crippen LogP contribution < -0.4 is 10.1 Å². The molecule has 124 valence electrons. The molecule has 0 aromatic carbocycles. The fourth-order valence-corrected chi connectivity index (χ4v) is 4.64. The lowest BCUT2D eigenvalue weighted by Gasteiger charge is -2.32. The second-order valence-electron chi connectivity index (χ2n) is 5.43. The predicted octanol–water partition coefficient (Wildman–Crippen LogP) is 2.06. The maximum atomic E-state index is 12.6. The van der Waals surface area contributed by atoms with Crippen molar-refractivity contribution in [2.24, 2.45) is 0 Å². The minimum Gasteiger partial charge on any atom is -0.495 e. The molecule has 1 unspecified atom stereocenters. The van der Waals surface area contributed by atoms with E-state index in [-0.39, 0.29) is 18.3 Å². The van der Waals surface area contributed by atoms with Crippen LogP contribution in [0.2, 0.25) is 0 Å². The number of amides is 1. The van der Waals surface area contributed by atoms with Crippen LogP contribution in [-0.2, 0) is 0 Å². The van der Waals surface area contributed by atoms with Crippen LogP contribution in [0, 0.1) is 0 Å². The third-order valence-electron chi connectivity index (χ3n) is 4.20. The number of carbonyl (C=O) groups is 1. The molecule has 1 aromatic rings. The molecule has 0 bridgehead atoms. The van der Waals surface area contributed by atoms with Crippen LogP contribution in [0.4, 0.5) is 0 Å². The van der Waals surface area contributed by atoms with Gasteiger partial charge in [0.05, 0.1) is 12.0 Å². The van der Waals surface area contributed by atoms with Crippen molar-refractivity contribution in [1.82, 2.24) is 15.1 Å². The highest BCUT2D eigenvalue weighted by atomic mass is 79.9. The predicted molar refractivity (Wildman–Crippen MR) is 94.6 cm³/mol. The summed E-state index contributed by atoms with van der Waals surface area (Å²) in [6, 6.07) is 2.34. The van der Waals surface area contributed by atoms with E-state index < -0.39 is 0 Å². The van der Waals surface area contributed by atoms with Gasteiger partial charge in [0.15, 0.2) is 0 Å². The maximum Gasteiger partial charge on any atom is 0.264 e. The summed E-state index contributed by atoms with van der Waals surface area (Å²) in [5, 5.41) is 3.37. The largest absolute Gasteiger partial charge is 0.495 e. The summed E-state index contributed by atoms with van der Waals surface area (Å²) >= 11 is 4.88. The molecule has 1 atom stereocenters. The Morgan fingerprint density at radius 3 is 2.77 bits per heavy atom. The highest BCUT2D eigenvalue weighted by Crippen LogP contribution is 2.35. The number of piperazine rings is 1. The first-order valence-electron chi connectivity index (χ1n) is 7.26. The zero-order chi connectivity index (χ0) is 14.8. The van der Waals surface area contributed by atoms with Crippen LogP contribution in [0.5, 0.6) is 5.75 Å². The van der Waals surface area contributed by atoms with Gasteiger partial charge in [-0.25, -0.2) is 0 Å². The third-order valence-corrected chi connectivity index (χ3v) is 5.97. The van der Waals surface area contributed by atoms with Gasteiger partial charge < -0.3 is 15.0 Å². The number of nitrogens with one attached hydrogen (secondary N) is 1. The molecule has 0 saturated carbocycles. The lowest BCUT2D eigenvalue weighted by Crippen LogP contribution is -2.49. The van der Waals surface area contributed by atoms with Crippen LogP contribution in [0.3, 0.4) is 0 Å². The first-order valence-corrected chi connectivity index (χ1v) is 8.87. The number of hydrogen-bond donors (Lipinski definition) is 1. The smallest absolute Gasteiger partial charge is 0.264 e. The Hall–Kier alpha value is -0.340. The third kappa shape index (κ3) is 3.76. The van der Waals surface area contributed by atoms with E-state index in [0.29, 0.717) is 6.04 Å². The summed E-state index contributed by atoms with van der Waals surface area (Å²) in [5.41, 5.74) is 0. The standard InChI is InChI=1S/C14H20BrN3O2S.ClH/c1-20-11-8-12(21-13(11)15)14(19)18-5-2-10(9-18)17-6-3-16-4-7-17;/h8,10,16H,2-7,9H2,1H3;1H. The van der Waals surface area contributed by atoms with Crippen LogP contribution in [0.1, 0.15) is 16.1 Å². The van der Waals surface area contributed by atoms with E-state index in [1.54, 1.807) is 7.11 Å². The summed E-state index contributed by atoms with van der Waals surface area (Å²) in [6.45, 7) is 5.98. The number of halogens is 2. The lowest BCUT2D eigenvalue weighted by atomic mass is 10.2. The number of hydrogen-bond acceptors (Lipinski definition) is 5. The molecule has 0 aliphatic carbocycles. The number of likely N-dealkylation sites (tertiary alicyclic amines) is 1. The van der Waals surface area contributed by atoms with E-state index in [9.17, 15) is 4.79 Å². The molecule has 3 heterocycles. The number of ether oxygens (including phenoxy) is 1. The van der Waals surface area contributed by atoms with Gasteiger partial charge in [-0.3, -0.25) is 9.69 Å². The maximum absolute atomic E-state index is 12.6. The van der Waals surface area contributed by atoms with E-state index in [4.69, 9.17) is 4.74 Å². The SMILES string of the molecule is COc1cc(C(=O)N2CCC(N3CCNCC3)C2)sc1Br.Cl. The molecular formula is C14H21BrClN3O2S. The summed E-state index contributed by atoms with van der Waals surface area (Å²) in [7, 11) is 1.62. The summed E-state index contributed by atoms with van der Waals surface area (Å²) in [5.74, 6) is 0.864. The highest BCUT2D eigenvalue weighted by molar-refractivity contribution is 9.11. The monoisotopic (exact) mass is 409 g/mol.